The van der Waals surface area contributed by atoms with Gasteiger partial charge in [0.15, 0.2) is 0 Å². The third-order valence-electron chi connectivity index (χ3n) is 3.65. The molecule has 1 aliphatic carbocycles. The Morgan fingerprint density at radius 2 is 2.05 bits per heavy atom. The van der Waals surface area contributed by atoms with Gasteiger partial charge in [-0.25, -0.2) is 4.79 Å². The first-order chi connectivity index (χ1) is 9.58. The van der Waals surface area contributed by atoms with Crippen LogP contribution in [0.25, 0.3) is 0 Å². The van der Waals surface area contributed by atoms with Gasteiger partial charge >= 0.3 is 12.0 Å². The average molecular weight is 276 g/mol. The Balaban J connectivity index is 2.02. The molecule has 0 spiro atoms. The van der Waals surface area contributed by atoms with Crippen LogP contribution in [0.1, 0.15) is 30.4 Å². The van der Waals surface area contributed by atoms with Crippen LogP contribution in [0.3, 0.4) is 0 Å². The lowest BCUT2D eigenvalue weighted by Crippen LogP contribution is -2.33. The molecule has 5 nitrogen and oxygen atoms in total. The highest BCUT2D eigenvalue weighted by Gasteiger charge is 2.16. The van der Waals surface area contributed by atoms with Crippen LogP contribution in [0.2, 0.25) is 0 Å². The van der Waals surface area contributed by atoms with Crippen molar-refractivity contribution in [2.75, 3.05) is 18.9 Å². The second-order valence-electron chi connectivity index (χ2n) is 5.15. The minimum atomic E-state index is -0.901. The third-order valence-corrected chi connectivity index (χ3v) is 3.65. The van der Waals surface area contributed by atoms with E-state index < -0.39 is 5.97 Å². The number of fused-ring (bicyclic) bond motifs is 1. The largest absolute Gasteiger partial charge is 0.481 e. The van der Waals surface area contributed by atoms with Gasteiger partial charge in [-0.05, 0) is 42.9 Å². The Morgan fingerprint density at radius 3 is 2.80 bits per heavy atom. The number of aliphatic carboxylic acids is 1. The summed E-state index contributed by atoms with van der Waals surface area (Å²) in [7, 11) is 1.60. The maximum absolute atomic E-state index is 12.0. The molecule has 2 amide bonds. The number of carboxylic acids is 1. The maximum Gasteiger partial charge on any atom is 0.321 e. The fraction of sp³-hybridized carbons (Fsp3) is 0.467. The standard InChI is InChI=1S/C15H20N2O3/c1-17(10-9-14(18)19)15(20)16-13-8-4-6-11-5-2-3-7-12(11)13/h4,6,8H,2-3,5,7,9-10H2,1H3,(H,16,20)(H,18,19). The zero-order valence-electron chi connectivity index (χ0n) is 11.7. The van der Waals surface area contributed by atoms with E-state index >= 15 is 0 Å². The summed E-state index contributed by atoms with van der Waals surface area (Å²) in [6, 6.07) is 5.72. The molecular weight excluding hydrogens is 256 g/mol. The summed E-state index contributed by atoms with van der Waals surface area (Å²) in [5, 5.41) is 11.5. The van der Waals surface area contributed by atoms with Gasteiger partial charge in [0.05, 0.1) is 6.42 Å². The molecule has 5 heteroatoms. The summed E-state index contributed by atoms with van der Waals surface area (Å²) < 4.78 is 0. The molecule has 108 valence electrons. The van der Waals surface area contributed by atoms with Crippen LogP contribution in [0, 0.1) is 0 Å². The first-order valence-electron chi connectivity index (χ1n) is 6.92. The molecule has 0 aromatic heterocycles. The topological polar surface area (TPSA) is 69.6 Å². The number of carbonyl (C=O) groups excluding carboxylic acids is 1. The summed E-state index contributed by atoms with van der Waals surface area (Å²) >= 11 is 0. The van der Waals surface area contributed by atoms with Gasteiger partial charge in [0, 0.05) is 19.3 Å². The van der Waals surface area contributed by atoms with Crippen LogP contribution < -0.4 is 5.32 Å². The highest BCUT2D eigenvalue weighted by molar-refractivity contribution is 5.90. The number of carbonyl (C=O) groups is 2. The molecule has 0 radical (unpaired) electrons. The summed E-state index contributed by atoms with van der Waals surface area (Å²) in [5.41, 5.74) is 3.38. The van der Waals surface area contributed by atoms with Gasteiger partial charge in [-0.1, -0.05) is 12.1 Å². The first-order valence-corrected chi connectivity index (χ1v) is 6.92. The molecule has 2 N–H and O–H groups in total. The van der Waals surface area contributed by atoms with Crippen LogP contribution in [-0.4, -0.2) is 35.6 Å². The van der Waals surface area contributed by atoms with E-state index in [4.69, 9.17) is 5.11 Å². The van der Waals surface area contributed by atoms with Crippen LogP contribution in [0.5, 0.6) is 0 Å². The number of hydrogen-bond donors (Lipinski definition) is 2. The molecule has 20 heavy (non-hydrogen) atoms. The van der Waals surface area contributed by atoms with Crippen molar-refractivity contribution in [3.05, 3.63) is 29.3 Å². The highest BCUT2D eigenvalue weighted by atomic mass is 16.4. The molecule has 0 fully saturated rings. The van der Waals surface area contributed by atoms with Gasteiger partial charge in [-0.3, -0.25) is 4.79 Å². The Hall–Kier alpha value is -2.04. The number of hydrogen-bond acceptors (Lipinski definition) is 2. The number of aryl methyl sites for hydroxylation is 1. The van der Waals surface area contributed by atoms with Gasteiger partial charge in [0.1, 0.15) is 0 Å². The van der Waals surface area contributed by atoms with Gasteiger partial charge in [0.2, 0.25) is 0 Å². The number of carboxylic acid groups (broad SMARTS) is 1. The van der Waals surface area contributed by atoms with Crippen molar-refractivity contribution < 1.29 is 14.7 Å². The van der Waals surface area contributed by atoms with E-state index in [-0.39, 0.29) is 19.0 Å². The first kappa shape index (κ1) is 14.4. The molecule has 0 aliphatic heterocycles. The predicted molar refractivity (Wildman–Crippen MR) is 77.0 cm³/mol. The van der Waals surface area contributed by atoms with E-state index in [1.165, 1.54) is 22.4 Å². The highest BCUT2D eigenvalue weighted by Crippen LogP contribution is 2.27. The van der Waals surface area contributed by atoms with Crippen molar-refractivity contribution in [3.63, 3.8) is 0 Å². The van der Waals surface area contributed by atoms with E-state index in [1.807, 2.05) is 12.1 Å². The zero-order chi connectivity index (χ0) is 14.5. The average Bonchev–Trinajstić information content (AvgIpc) is 2.45. The second-order valence-corrected chi connectivity index (χ2v) is 5.15. The predicted octanol–water partition coefficient (Wildman–Crippen LogP) is 2.50. The normalized spacial score (nSPS) is 13.4. The molecule has 1 aromatic carbocycles. The summed E-state index contributed by atoms with van der Waals surface area (Å²) in [6.07, 6.45) is 4.35. The van der Waals surface area contributed by atoms with Gasteiger partial charge in [-0.2, -0.15) is 0 Å². The van der Waals surface area contributed by atoms with Crippen LogP contribution >= 0.6 is 0 Å². The number of nitrogens with one attached hydrogen (secondary N) is 1. The summed E-state index contributed by atoms with van der Waals surface area (Å²) in [5.74, 6) is -0.901. The van der Waals surface area contributed by atoms with Gasteiger partial charge < -0.3 is 15.3 Å². The lowest BCUT2D eigenvalue weighted by Gasteiger charge is -2.22. The van der Waals surface area contributed by atoms with Crippen LogP contribution in [0.15, 0.2) is 18.2 Å². The number of anilines is 1. The SMILES string of the molecule is CN(CCC(=O)O)C(=O)Nc1cccc2c1CCCC2. The van der Waals surface area contributed by atoms with E-state index in [0.717, 1.165) is 24.9 Å². The van der Waals surface area contributed by atoms with Crippen molar-refractivity contribution in [3.8, 4) is 0 Å². The van der Waals surface area contributed by atoms with Gasteiger partial charge in [0.25, 0.3) is 0 Å². The quantitative estimate of drug-likeness (QED) is 0.887. The third kappa shape index (κ3) is 3.50. The minimum absolute atomic E-state index is 0.0448. The smallest absolute Gasteiger partial charge is 0.321 e. The van der Waals surface area contributed by atoms with Crippen molar-refractivity contribution in [1.82, 2.24) is 4.90 Å². The van der Waals surface area contributed by atoms with E-state index in [0.29, 0.717) is 0 Å². The van der Waals surface area contributed by atoms with Crippen LogP contribution in [0.4, 0.5) is 10.5 Å². The van der Waals surface area contributed by atoms with Crippen LogP contribution in [-0.2, 0) is 17.6 Å². The molecule has 1 aliphatic rings. The number of rotatable bonds is 4. The monoisotopic (exact) mass is 276 g/mol. The molecule has 1 aromatic rings. The fourth-order valence-corrected chi connectivity index (χ4v) is 2.47. The number of benzene rings is 1. The van der Waals surface area contributed by atoms with Crippen molar-refractivity contribution in [2.24, 2.45) is 0 Å². The molecule has 2 rings (SSSR count). The Kier molecular flexibility index (Phi) is 4.61. The molecule has 0 bridgehead atoms. The van der Waals surface area contributed by atoms with Crippen molar-refractivity contribution in [1.29, 1.82) is 0 Å². The molecule has 0 saturated carbocycles. The number of urea groups is 1. The second kappa shape index (κ2) is 6.41. The van der Waals surface area contributed by atoms with E-state index in [1.54, 1.807) is 7.05 Å². The molecular formula is C15H20N2O3. The number of amides is 2. The maximum atomic E-state index is 12.0. The Morgan fingerprint density at radius 1 is 1.30 bits per heavy atom. The lowest BCUT2D eigenvalue weighted by molar-refractivity contribution is -0.137. The summed E-state index contributed by atoms with van der Waals surface area (Å²) in [6.45, 7) is 0.205. The molecule has 0 heterocycles. The summed E-state index contributed by atoms with van der Waals surface area (Å²) in [4.78, 5) is 23.9. The van der Waals surface area contributed by atoms with E-state index in [2.05, 4.69) is 11.4 Å². The van der Waals surface area contributed by atoms with Crippen molar-refractivity contribution >= 4 is 17.7 Å². The zero-order valence-corrected chi connectivity index (χ0v) is 11.7. The Labute approximate surface area is 118 Å². The fourth-order valence-electron chi connectivity index (χ4n) is 2.47. The Bertz CT molecular complexity index is 514. The van der Waals surface area contributed by atoms with Crippen molar-refractivity contribution in [2.45, 2.75) is 32.1 Å². The molecule has 0 saturated heterocycles. The van der Waals surface area contributed by atoms with E-state index in [9.17, 15) is 9.59 Å². The molecule has 0 unspecified atom stereocenters. The number of nitrogens with zero attached hydrogens (tertiary/aromatic N) is 1. The molecule has 0 atom stereocenters. The lowest BCUT2D eigenvalue weighted by atomic mass is 9.90. The minimum Gasteiger partial charge on any atom is -0.481 e. The van der Waals surface area contributed by atoms with Gasteiger partial charge in [-0.15, -0.1) is 0 Å².